The first-order valence-electron chi connectivity index (χ1n) is 10.5. The van der Waals surface area contributed by atoms with Crippen molar-refractivity contribution in [3.05, 3.63) is 30.1 Å². The van der Waals surface area contributed by atoms with Crippen molar-refractivity contribution in [2.75, 3.05) is 58.1 Å². The number of nitrogens with zero attached hydrogens (tertiary/aromatic N) is 3. The molecule has 7 heteroatoms. The van der Waals surface area contributed by atoms with Crippen LogP contribution >= 0.6 is 11.8 Å². The number of hydrogen-bond donors (Lipinski definition) is 2. The molecule has 0 aromatic heterocycles. The van der Waals surface area contributed by atoms with Gasteiger partial charge in [0, 0.05) is 50.2 Å². The Morgan fingerprint density at radius 2 is 1.86 bits per heavy atom. The molecule has 1 aliphatic rings. The monoisotopic (exact) mass is 409 g/mol. The zero-order valence-corrected chi connectivity index (χ0v) is 18.4. The fourth-order valence-corrected chi connectivity index (χ4v) is 4.05. The van der Waals surface area contributed by atoms with E-state index in [0.29, 0.717) is 6.04 Å². The van der Waals surface area contributed by atoms with Gasteiger partial charge in [0.05, 0.1) is 6.54 Å². The van der Waals surface area contributed by atoms with Crippen LogP contribution in [0.4, 0.5) is 4.39 Å². The number of halogens is 1. The molecule has 1 atom stereocenters. The van der Waals surface area contributed by atoms with Crippen LogP contribution in [0.1, 0.15) is 27.2 Å². The van der Waals surface area contributed by atoms with Crippen LogP contribution in [0.25, 0.3) is 0 Å². The van der Waals surface area contributed by atoms with E-state index in [-0.39, 0.29) is 5.82 Å². The van der Waals surface area contributed by atoms with Crippen LogP contribution in [0, 0.1) is 5.82 Å². The van der Waals surface area contributed by atoms with Crippen molar-refractivity contribution < 1.29 is 4.39 Å². The number of piperazine rings is 1. The van der Waals surface area contributed by atoms with Crippen LogP contribution in [0.3, 0.4) is 0 Å². The molecule has 0 spiro atoms. The number of guanidine groups is 1. The van der Waals surface area contributed by atoms with Crippen molar-refractivity contribution in [3.63, 3.8) is 0 Å². The average molecular weight is 410 g/mol. The van der Waals surface area contributed by atoms with Crippen LogP contribution in [-0.2, 0) is 0 Å². The summed E-state index contributed by atoms with van der Waals surface area (Å²) in [5.41, 5.74) is 0. The Labute approximate surface area is 174 Å². The Balaban J connectivity index is 1.67. The zero-order chi connectivity index (χ0) is 20.2. The summed E-state index contributed by atoms with van der Waals surface area (Å²) in [5.74, 6) is 1.71. The predicted molar refractivity (Wildman–Crippen MR) is 119 cm³/mol. The molecule has 158 valence electrons. The number of aliphatic imine (C=N–C) groups is 1. The minimum atomic E-state index is -0.181. The van der Waals surface area contributed by atoms with Gasteiger partial charge in [-0.2, -0.15) is 0 Å². The van der Waals surface area contributed by atoms with Crippen LogP contribution in [0.5, 0.6) is 0 Å². The number of nitrogens with one attached hydrogen (secondary N) is 2. The Bertz CT molecular complexity index is 573. The van der Waals surface area contributed by atoms with Gasteiger partial charge >= 0.3 is 0 Å². The van der Waals surface area contributed by atoms with E-state index in [1.54, 1.807) is 11.8 Å². The summed E-state index contributed by atoms with van der Waals surface area (Å²) >= 11 is 1.76. The molecule has 28 heavy (non-hydrogen) atoms. The minimum absolute atomic E-state index is 0.181. The molecule has 0 radical (unpaired) electrons. The highest BCUT2D eigenvalue weighted by Crippen LogP contribution is 2.18. The largest absolute Gasteiger partial charge is 0.357 e. The van der Waals surface area contributed by atoms with Gasteiger partial charge in [-0.3, -0.25) is 9.89 Å². The highest BCUT2D eigenvalue weighted by atomic mass is 32.2. The van der Waals surface area contributed by atoms with E-state index in [9.17, 15) is 4.39 Å². The molecule has 1 fully saturated rings. The summed E-state index contributed by atoms with van der Waals surface area (Å²) < 4.78 is 12.9. The second-order valence-corrected chi connectivity index (χ2v) is 8.29. The molecule has 5 nitrogen and oxygen atoms in total. The molecule has 1 heterocycles. The first-order chi connectivity index (χ1) is 13.6. The average Bonchev–Trinajstić information content (AvgIpc) is 2.72. The van der Waals surface area contributed by atoms with Gasteiger partial charge in [-0.25, -0.2) is 4.39 Å². The van der Waals surface area contributed by atoms with Crippen molar-refractivity contribution >= 4 is 17.7 Å². The maximum Gasteiger partial charge on any atom is 0.191 e. The number of benzene rings is 1. The molecule has 1 unspecified atom stereocenters. The number of likely N-dealkylation sites (N-methyl/N-ethyl adjacent to an activating group) is 1. The molecule has 0 saturated carbocycles. The van der Waals surface area contributed by atoms with E-state index in [4.69, 9.17) is 4.99 Å². The van der Waals surface area contributed by atoms with E-state index in [2.05, 4.69) is 41.2 Å². The summed E-state index contributed by atoms with van der Waals surface area (Å²) in [6.07, 6.45) is 1.03. The lowest BCUT2D eigenvalue weighted by Gasteiger charge is -2.37. The van der Waals surface area contributed by atoms with Crippen LogP contribution in [0.15, 0.2) is 34.2 Å². The van der Waals surface area contributed by atoms with Gasteiger partial charge in [0.2, 0.25) is 0 Å². The normalized spacial score (nSPS) is 17.5. The Kier molecular flexibility index (Phi) is 10.7. The molecule has 1 aromatic carbocycles. The molecule has 0 amide bonds. The van der Waals surface area contributed by atoms with Gasteiger partial charge in [-0.05, 0) is 56.8 Å². The fraction of sp³-hybridized carbons (Fsp3) is 0.667. The van der Waals surface area contributed by atoms with Gasteiger partial charge < -0.3 is 15.5 Å². The highest BCUT2D eigenvalue weighted by Gasteiger charge is 2.19. The molecule has 0 aliphatic carbocycles. The van der Waals surface area contributed by atoms with Crippen molar-refractivity contribution in [3.8, 4) is 0 Å². The topological polar surface area (TPSA) is 42.9 Å². The summed E-state index contributed by atoms with van der Waals surface area (Å²) in [6, 6.07) is 7.16. The first kappa shape index (κ1) is 23.0. The molecule has 2 rings (SSSR count). The summed E-state index contributed by atoms with van der Waals surface area (Å²) in [6.45, 7) is 14.9. The quantitative estimate of drug-likeness (QED) is 0.269. The van der Waals surface area contributed by atoms with Gasteiger partial charge in [-0.1, -0.05) is 6.92 Å². The second kappa shape index (κ2) is 13.0. The van der Waals surface area contributed by atoms with Crippen LogP contribution in [-0.4, -0.2) is 79.9 Å². The maximum absolute atomic E-state index is 12.9. The van der Waals surface area contributed by atoms with E-state index >= 15 is 0 Å². The molecule has 1 aromatic rings. The van der Waals surface area contributed by atoms with E-state index < -0.39 is 0 Å². The van der Waals surface area contributed by atoms with Crippen molar-refractivity contribution in [1.29, 1.82) is 0 Å². The van der Waals surface area contributed by atoms with Crippen molar-refractivity contribution in [2.24, 2.45) is 4.99 Å². The van der Waals surface area contributed by atoms with E-state index in [1.807, 2.05) is 12.1 Å². The third-order valence-corrected chi connectivity index (χ3v) is 6.13. The molecular formula is C21H36FN5S. The lowest BCUT2D eigenvalue weighted by atomic mass is 10.2. The molecule has 2 N–H and O–H groups in total. The van der Waals surface area contributed by atoms with Gasteiger partial charge in [0.15, 0.2) is 5.96 Å². The van der Waals surface area contributed by atoms with Crippen molar-refractivity contribution in [1.82, 2.24) is 20.4 Å². The molecule has 1 saturated heterocycles. The first-order valence-corrected chi connectivity index (χ1v) is 11.5. The summed E-state index contributed by atoms with van der Waals surface area (Å²) in [7, 11) is 0. The second-order valence-electron chi connectivity index (χ2n) is 7.12. The fourth-order valence-electron chi connectivity index (χ4n) is 3.20. The predicted octanol–water partition coefficient (Wildman–Crippen LogP) is 2.89. The van der Waals surface area contributed by atoms with Crippen molar-refractivity contribution in [2.45, 2.75) is 38.1 Å². The smallest absolute Gasteiger partial charge is 0.191 e. The van der Waals surface area contributed by atoms with Gasteiger partial charge in [0.1, 0.15) is 5.82 Å². The molecular weight excluding hydrogens is 373 g/mol. The van der Waals surface area contributed by atoms with Gasteiger partial charge in [-0.15, -0.1) is 11.8 Å². The minimum Gasteiger partial charge on any atom is -0.357 e. The summed E-state index contributed by atoms with van der Waals surface area (Å²) in [4.78, 5) is 10.9. The number of thioether (sulfide) groups is 1. The Morgan fingerprint density at radius 1 is 1.14 bits per heavy atom. The lowest BCUT2D eigenvalue weighted by molar-refractivity contribution is 0.109. The van der Waals surface area contributed by atoms with E-state index in [1.165, 1.54) is 12.1 Å². The highest BCUT2D eigenvalue weighted by molar-refractivity contribution is 7.99. The lowest BCUT2D eigenvalue weighted by Crippen LogP contribution is -2.50. The molecule has 1 aliphatic heterocycles. The third-order valence-electron chi connectivity index (χ3n) is 5.03. The number of hydrogen-bond acceptors (Lipinski definition) is 4. The third kappa shape index (κ3) is 8.37. The van der Waals surface area contributed by atoms with Crippen LogP contribution < -0.4 is 10.6 Å². The van der Waals surface area contributed by atoms with E-state index in [0.717, 1.165) is 75.4 Å². The zero-order valence-electron chi connectivity index (χ0n) is 17.6. The Morgan fingerprint density at radius 3 is 2.50 bits per heavy atom. The summed E-state index contributed by atoms with van der Waals surface area (Å²) in [5, 5.41) is 6.76. The standard InChI is InChI=1S/C21H36FN5S/c1-4-23-21(24-11-6-16-28-20-9-7-19(22)8-10-20)25-17-18(3)27-14-12-26(5-2)13-15-27/h7-10,18H,4-6,11-17H2,1-3H3,(H2,23,24,25). The SMILES string of the molecule is CCNC(=NCC(C)N1CCN(CC)CC1)NCCCSc1ccc(F)cc1. The van der Waals surface area contributed by atoms with Crippen LogP contribution in [0.2, 0.25) is 0 Å². The molecule has 0 bridgehead atoms. The maximum atomic E-state index is 12.9. The Hall–Kier alpha value is -1.31. The van der Waals surface area contributed by atoms with Gasteiger partial charge in [0.25, 0.3) is 0 Å². The number of rotatable bonds is 10.